The van der Waals surface area contributed by atoms with Gasteiger partial charge in [0.2, 0.25) is 5.95 Å². The van der Waals surface area contributed by atoms with Crippen LogP contribution in [0.15, 0.2) is 45.0 Å². The maximum Gasteiger partial charge on any atom is 0.332 e. The van der Waals surface area contributed by atoms with Gasteiger partial charge in [-0.25, -0.2) is 10.2 Å². The second-order valence-corrected chi connectivity index (χ2v) is 6.93. The van der Waals surface area contributed by atoms with E-state index < -0.39 is 5.69 Å². The lowest BCUT2D eigenvalue weighted by Gasteiger charge is -2.10. The monoisotopic (exact) mass is 368 g/mol. The number of hydrogen-bond acceptors (Lipinski definition) is 5. The molecule has 142 valence electrons. The number of nitrogens with one attached hydrogen (secondary N) is 1. The lowest BCUT2D eigenvalue weighted by Crippen LogP contribution is -2.37. The Bertz CT molecular complexity index is 1090. The molecule has 0 atom stereocenters. The minimum atomic E-state index is -0.402. The predicted octanol–water partition coefficient (Wildman–Crippen LogP) is 1.93. The average Bonchev–Trinajstić information content (AvgIpc) is 3.02. The molecule has 3 rings (SSSR count). The van der Waals surface area contributed by atoms with E-state index in [0.717, 1.165) is 16.6 Å². The van der Waals surface area contributed by atoms with Gasteiger partial charge in [-0.1, -0.05) is 44.2 Å². The summed E-state index contributed by atoms with van der Waals surface area (Å²) in [6.45, 7) is 4.84. The quantitative estimate of drug-likeness (QED) is 0.532. The van der Waals surface area contributed by atoms with Crippen molar-refractivity contribution in [2.45, 2.75) is 26.8 Å². The molecule has 27 heavy (non-hydrogen) atoms. The number of imidazole rings is 1. The molecule has 8 nitrogen and oxygen atoms in total. The normalized spacial score (nSPS) is 11.7. The predicted molar refractivity (Wildman–Crippen MR) is 107 cm³/mol. The van der Waals surface area contributed by atoms with E-state index in [4.69, 9.17) is 0 Å². The Balaban J connectivity index is 2.07. The van der Waals surface area contributed by atoms with Gasteiger partial charge in [-0.3, -0.25) is 13.9 Å². The van der Waals surface area contributed by atoms with Gasteiger partial charge in [0, 0.05) is 20.6 Å². The summed E-state index contributed by atoms with van der Waals surface area (Å²) >= 11 is 0. The van der Waals surface area contributed by atoms with Crippen LogP contribution in [0.3, 0.4) is 0 Å². The van der Waals surface area contributed by atoms with Gasteiger partial charge in [0.15, 0.2) is 11.2 Å². The Labute approximate surface area is 156 Å². The van der Waals surface area contributed by atoms with E-state index in [2.05, 4.69) is 29.4 Å². The molecule has 0 fully saturated rings. The van der Waals surface area contributed by atoms with E-state index in [9.17, 15) is 9.59 Å². The van der Waals surface area contributed by atoms with Gasteiger partial charge in [-0.2, -0.15) is 10.1 Å². The standard InChI is InChI=1S/C19H24N6O2/c1-13(2)10-11-25-15-16(23(3)19(27)24(4)17(15)26)21-18(25)22-20-12-14-8-6-5-7-9-14/h5-9,12-13H,10-11H2,1-4H3,(H,21,22)/b20-12-. The molecule has 0 unspecified atom stereocenters. The summed E-state index contributed by atoms with van der Waals surface area (Å²) in [7, 11) is 3.09. The first-order chi connectivity index (χ1) is 12.9. The van der Waals surface area contributed by atoms with Crippen LogP contribution in [0, 0.1) is 5.92 Å². The molecule has 0 spiro atoms. The Morgan fingerprint density at radius 3 is 2.52 bits per heavy atom. The number of hydrogen-bond donors (Lipinski definition) is 1. The van der Waals surface area contributed by atoms with Crippen molar-refractivity contribution in [1.82, 2.24) is 18.7 Å². The summed E-state index contributed by atoms with van der Waals surface area (Å²) in [5.74, 6) is 0.899. The molecular formula is C19H24N6O2. The molecule has 3 aromatic rings. The van der Waals surface area contributed by atoms with Crippen molar-refractivity contribution < 1.29 is 0 Å². The van der Waals surface area contributed by atoms with Gasteiger partial charge >= 0.3 is 5.69 Å². The number of benzene rings is 1. The molecule has 1 aromatic carbocycles. The number of fused-ring (bicyclic) bond motifs is 1. The van der Waals surface area contributed by atoms with E-state index in [-0.39, 0.29) is 5.56 Å². The van der Waals surface area contributed by atoms with Crippen LogP contribution in [-0.4, -0.2) is 24.9 Å². The third-order valence-electron chi connectivity index (χ3n) is 4.46. The minimum Gasteiger partial charge on any atom is -0.303 e. The summed E-state index contributed by atoms with van der Waals surface area (Å²) in [4.78, 5) is 29.4. The van der Waals surface area contributed by atoms with E-state index in [1.54, 1.807) is 17.8 Å². The fourth-order valence-corrected chi connectivity index (χ4v) is 2.84. The highest BCUT2D eigenvalue weighted by atomic mass is 16.2. The largest absolute Gasteiger partial charge is 0.332 e. The molecule has 2 heterocycles. The Morgan fingerprint density at radius 2 is 1.85 bits per heavy atom. The maximum absolute atomic E-state index is 12.7. The zero-order valence-corrected chi connectivity index (χ0v) is 16.0. The second-order valence-electron chi connectivity index (χ2n) is 6.93. The molecule has 2 aromatic heterocycles. The van der Waals surface area contributed by atoms with Crippen LogP contribution in [0.25, 0.3) is 11.2 Å². The van der Waals surface area contributed by atoms with Crippen molar-refractivity contribution in [1.29, 1.82) is 0 Å². The second kappa shape index (κ2) is 7.61. The minimum absolute atomic E-state index is 0.351. The molecule has 0 amide bonds. The molecule has 0 aliphatic heterocycles. The Kier molecular flexibility index (Phi) is 5.25. The molecule has 1 N–H and O–H groups in total. The van der Waals surface area contributed by atoms with Crippen molar-refractivity contribution in [2.24, 2.45) is 25.1 Å². The van der Waals surface area contributed by atoms with Gasteiger partial charge in [0.25, 0.3) is 5.56 Å². The van der Waals surface area contributed by atoms with Crippen LogP contribution in [0.2, 0.25) is 0 Å². The molecule has 0 saturated carbocycles. The van der Waals surface area contributed by atoms with Crippen molar-refractivity contribution >= 4 is 23.3 Å². The van der Waals surface area contributed by atoms with Gasteiger partial charge in [0.05, 0.1) is 6.21 Å². The first kappa shape index (κ1) is 18.6. The number of anilines is 1. The molecule has 0 bridgehead atoms. The van der Waals surface area contributed by atoms with Gasteiger partial charge in [-0.15, -0.1) is 0 Å². The zero-order chi connectivity index (χ0) is 19.6. The zero-order valence-electron chi connectivity index (χ0n) is 16.0. The first-order valence-electron chi connectivity index (χ1n) is 8.90. The smallest absolute Gasteiger partial charge is 0.303 e. The van der Waals surface area contributed by atoms with E-state index in [0.29, 0.717) is 29.6 Å². The molecule has 0 radical (unpaired) electrons. The van der Waals surface area contributed by atoms with E-state index in [1.165, 1.54) is 11.6 Å². The highest BCUT2D eigenvalue weighted by Crippen LogP contribution is 2.17. The van der Waals surface area contributed by atoms with Gasteiger partial charge < -0.3 is 4.57 Å². The Morgan fingerprint density at radius 1 is 1.15 bits per heavy atom. The molecule has 0 saturated heterocycles. The van der Waals surface area contributed by atoms with Crippen LogP contribution >= 0.6 is 0 Å². The molecular weight excluding hydrogens is 344 g/mol. The molecule has 0 aliphatic carbocycles. The van der Waals surface area contributed by atoms with Crippen molar-refractivity contribution in [2.75, 3.05) is 5.43 Å². The van der Waals surface area contributed by atoms with Crippen LogP contribution in [-0.2, 0) is 20.6 Å². The summed E-state index contributed by atoms with van der Waals surface area (Å²) in [6, 6.07) is 9.67. The maximum atomic E-state index is 12.7. The van der Waals surface area contributed by atoms with Crippen LogP contribution in [0.1, 0.15) is 25.8 Å². The third kappa shape index (κ3) is 3.69. The fraction of sp³-hybridized carbons (Fsp3) is 0.368. The summed E-state index contributed by atoms with van der Waals surface area (Å²) < 4.78 is 4.29. The summed E-state index contributed by atoms with van der Waals surface area (Å²) in [6.07, 6.45) is 2.55. The highest BCUT2D eigenvalue weighted by Gasteiger charge is 2.19. The first-order valence-corrected chi connectivity index (χ1v) is 8.90. The number of hydrazone groups is 1. The summed E-state index contributed by atoms with van der Waals surface area (Å²) in [5.41, 5.74) is 3.86. The molecule has 8 heteroatoms. The van der Waals surface area contributed by atoms with Crippen LogP contribution < -0.4 is 16.7 Å². The lowest BCUT2D eigenvalue weighted by atomic mass is 10.1. The SMILES string of the molecule is CC(C)CCn1c(N/N=C\c2ccccc2)nc2c1c(=O)n(C)c(=O)n2C. The van der Waals surface area contributed by atoms with Crippen LogP contribution in [0.4, 0.5) is 5.95 Å². The van der Waals surface area contributed by atoms with Crippen LogP contribution in [0.5, 0.6) is 0 Å². The third-order valence-corrected chi connectivity index (χ3v) is 4.46. The topological polar surface area (TPSA) is 86.2 Å². The van der Waals surface area contributed by atoms with Gasteiger partial charge in [-0.05, 0) is 17.9 Å². The van der Waals surface area contributed by atoms with Crippen molar-refractivity contribution in [3.05, 3.63) is 56.7 Å². The van der Waals surface area contributed by atoms with E-state index in [1.807, 2.05) is 30.3 Å². The number of aryl methyl sites for hydroxylation is 2. The van der Waals surface area contributed by atoms with Gasteiger partial charge in [0.1, 0.15) is 0 Å². The average molecular weight is 368 g/mol. The Hall–Kier alpha value is -3.16. The van der Waals surface area contributed by atoms with E-state index >= 15 is 0 Å². The highest BCUT2D eigenvalue weighted by molar-refractivity contribution is 5.80. The fourth-order valence-electron chi connectivity index (χ4n) is 2.84. The molecule has 0 aliphatic rings. The van der Waals surface area contributed by atoms with Crippen molar-refractivity contribution in [3.8, 4) is 0 Å². The van der Waals surface area contributed by atoms with Crippen molar-refractivity contribution in [3.63, 3.8) is 0 Å². The number of rotatable bonds is 6. The lowest BCUT2D eigenvalue weighted by molar-refractivity contribution is 0.524. The number of nitrogens with zero attached hydrogens (tertiary/aromatic N) is 5. The number of aromatic nitrogens is 4. The summed E-state index contributed by atoms with van der Waals surface area (Å²) in [5, 5.41) is 4.24.